The van der Waals surface area contributed by atoms with Crippen molar-refractivity contribution in [2.24, 2.45) is 0 Å². The van der Waals surface area contributed by atoms with Crippen LogP contribution in [0.25, 0.3) is 10.8 Å². The molecule has 0 aliphatic heterocycles. The summed E-state index contributed by atoms with van der Waals surface area (Å²) in [5.74, 6) is -71.3. The standard InChI is InChI=1S/C24BF20.C18H16NO/c26-5-1(6(27)14(35)21(42)13(5)34)25(2-7(28)15(36)22(43)16(37)8(2)29,3-9(30)17(38)23(44)18(39)10(3)31)4-11(32)19(40)24(45)20(41)12(4)33;1-14-6-2-5-9-17(14)18(20)13-19-11-10-15-7-3-4-8-16(15)12-19/h;2-12H,13H2,1H3/q-1;+1. The van der Waals surface area contributed by atoms with E-state index in [0.29, 0.717) is 6.54 Å². The number of carbonyl (C=O) groups is 1. The molecule has 0 aliphatic rings. The Morgan fingerprint density at radius 1 is 0.385 bits per heavy atom. The number of fused-ring (bicyclic) bond motifs is 1. The lowest BCUT2D eigenvalue weighted by atomic mass is 9.12. The number of nitrogens with zero attached hydrogens (tertiary/aromatic N) is 1. The van der Waals surface area contributed by atoms with Crippen molar-refractivity contribution in [2.45, 2.75) is 13.5 Å². The SMILES string of the molecule is Cc1ccccc1C(=O)C[n+]1ccc2ccccc2c1.Fc1c(F)c(F)c([B-](c2c(F)c(F)c(F)c(F)c2F)(c2c(F)c(F)c(F)c(F)c2F)c2c(F)c(F)c(F)c(F)c2F)c(F)c1F. The Morgan fingerprint density at radius 3 is 0.985 bits per heavy atom. The van der Waals surface area contributed by atoms with Gasteiger partial charge in [0, 0.05) is 17.0 Å². The Labute approximate surface area is 349 Å². The molecule has 0 fully saturated rings. The quantitative estimate of drug-likeness (QED) is 0.0391. The van der Waals surface area contributed by atoms with E-state index in [-0.39, 0.29) is 5.78 Å². The number of hydrogen-bond donors (Lipinski definition) is 0. The topological polar surface area (TPSA) is 20.9 Å². The van der Waals surface area contributed by atoms with Crippen molar-refractivity contribution in [3.8, 4) is 0 Å². The van der Waals surface area contributed by atoms with Gasteiger partial charge in [-0.1, -0.05) is 42.5 Å². The maximum Gasteiger partial charge on any atom is 0.227 e. The molecule has 338 valence electrons. The van der Waals surface area contributed by atoms with E-state index in [1.54, 1.807) is 0 Å². The van der Waals surface area contributed by atoms with E-state index in [2.05, 4.69) is 12.1 Å². The first kappa shape index (κ1) is 47.5. The summed E-state index contributed by atoms with van der Waals surface area (Å²) in [6.45, 7) is 2.34. The fourth-order valence-corrected chi connectivity index (χ4v) is 7.29. The minimum absolute atomic E-state index is 0.142. The van der Waals surface area contributed by atoms with Crippen LogP contribution in [-0.2, 0) is 6.54 Å². The number of ketones is 1. The third-order valence-electron chi connectivity index (χ3n) is 10.2. The second-order valence-electron chi connectivity index (χ2n) is 13.8. The lowest BCUT2D eigenvalue weighted by molar-refractivity contribution is -0.681. The van der Waals surface area contributed by atoms with E-state index in [4.69, 9.17) is 0 Å². The maximum atomic E-state index is 15.4. The summed E-state index contributed by atoms with van der Waals surface area (Å²) in [6, 6.07) is 17.9. The van der Waals surface area contributed by atoms with Crippen LogP contribution in [0.5, 0.6) is 0 Å². The van der Waals surface area contributed by atoms with Crippen LogP contribution in [0.1, 0.15) is 15.9 Å². The number of benzene rings is 6. The van der Waals surface area contributed by atoms with Crippen LogP contribution in [0, 0.1) is 123 Å². The lowest BCUT2D eigenvalue weighted by Crippen LogP contribution is -2.81. The van der Waals surface area contributed by atoms with Crippen LogP contribution in [0.15, 0.2) is 67.0 Å². The highest BCUT2D eigenvalue weighted by Gasteiger charge is 2.52. The average Bonchev–Trinajstić information content (AvgIpc) is 3.29. The molecule has 1 aromatic heterocycles. The molecule has 0 bridgehead atoms. The van der Waals surface area contributed by atoms with Crippen molar-refractivity contribution >= 4 is 44.6 Å². The van der Waals surface area contributed by atoms with Gasteiger partial charge in [0.15, 0.2) is 82.2 Å². The Bertz CT molecular complexity index is 2740. The predicted molar refractivity (Wildman–Crippen MR) is 189 cm³/mol. The van der Waals surface area contributed by atoms with Gasteiger partial charge in [-0.05, 0) is 23.9 Å². The third kappa shape index (κ3) is 7.48. The molecule has 7 aromatic rings. The Morgan fingerprint density at radius 2 is 0.662 bits per heavy atom. The zero-order valence-electron chi connectivity index (χ0n) is 31.6. The number of aromatic nitrogens is 1. The van der Waals surface area contributed by atoms with Crippen LogP contribution in [0.4, 0.5) is 87.8 Å². The molecule has 0 amide bonds. The number of pyridine rings is 1. The molecule has 2 nitrogen and oxygen atoms in total. The first-order valence-electron chi connectivity index (χ1n) is 17.6. The summed E-state index contributed by atoms with van der Waals surface area (Å²) in [7, 11) is 0. The molecule has 0 atom stereocenters. The largest absolute Gasteiger partial charge is 0.287 e. The zero-order chi connectivity index (χ0) is 48.3. The normalized spacial score (nSPS) is 11.6. The molecule has 0 saturated heterocycles. The third-order valence-corrected chi connectivity index (χ3v) is 10.2. The minimum atomic E-state index is -7.22. The molecule has 0 spiro atoms. The van der Waals surface area contributed by atoms with Gasteiger partial charge in [-0.25, -0.2) is 87.8 Å². The Balaban J connectivity index is 0.000000289. The van der Waals surface area contributed by atoms with Gasteiger partial charge in [0.05, 0.1) is 0 Å². The predicted octanol–water partition coefficient (Wildman–Crippen LogP) is 9.16. The molecule has 0 N–H and O–H groups in total. The number of hydrogen-bond acceptors (Lipinski definition) is 1. The minimum Gasteiger partial charge on any atom is -0.287 e. The lowest BCUT2D eigenvalue weighted by Gasteiger charge is -2.44. The number of carbonyl (C=O) groups excluding carboxylic acids is 1. The van der Waals surface area contributed by atoms with Crippen LogP contribution in [0.3, 0.4) is 0 Å². The first-order chi connectivity index (χ1) is 30.4. The van der Waals surface area contributed by atoms with E-state index in [0.717, 1.165) is 16.5 Å². The van der Waals surface area contributed by atoms with Gasteiger partial charge in [-0.2, -0.15) is 4.57 Å². The summed E-state index contributed by atoms with van der Waals surface area (Å²) in [5, 5.41) is 2.33. The number of rotatable bonds is 7. The average molecular weight is 941 g/mol. The van der Waals surface area contributed by atoms with E-state index < -0.39 is 144 Å². The van der Waals surface area contributed by atoms with Crippen molar-refractivity contribution in [2.75, 3.05) is 0 Å². The fraction of sp³-hybridized carbons (Fsp3) is 0.0476. The summed E-state index contributed by atoms with van der Waals surface area (Å²) in [5.41, 5.74) is -12.5. The smallest absolute Gasteiger partial charge is 0.227 e. The van der Waals surface area contributed by atoms with E-state index in [1.165, 1.54) is 5.39 Å². The highest BCUT2D eigenvalue weighted by Crippen LogP contribution is 2.31. The van der Waals surface area contributed by atoms with Crippen molar-refractivity contribution in [3.05, 3.63) is 194 Å². The molecule has 0 aliphatic carbocycles. The number of halogens is 20. The Kier molecular flexibility index (Phi) is 12.8. The van der Waals surface area contributed by atoms with Gasteiger partial charge < -0.3 is 0 Å². The van der Waals surface area contributed by atoms with Gasteiger partial charge in [0.25, 0.3) is 0 Å². The van der Waals surface area contributed by atoms with Gasteiger partial charge >= 0.3 is 0 Å². The van der Waals surface area contributed by atoms with E-state index in [9.17, 15) is 57.5 Å². The van der Waals surface area contributed by atoms with Crippen molar-refractivity contribution in [3.63, 3.8) is 0 Å². The monoisotopic (exact) mass is 941 g/mol. The van der Waals surface area contributed by atoms with Crippen LogP contribution >= 0.6 is 0 Å². The second-order valence-corrected chi connectivity index (χ2v) is 13.8. The molecule has 0 radical (unpaired) electrons. The molecular weight excluding hydrogens is 925 g/mol. The molecule has 23 heteroatoms. The van der Waals surface area contributed by atoms with E-state index in [1.807, 2.05) is 66.3 Å². The summed E-state index contributed by atoms with van der Waals surface area (Å²) in [6.07, 6.45) is -3.24. The zero-order valence-corrected chi connectivity index (χ0v) is 31.6. The number of Topliss-reactive ketones (excluding diaryl/α,β-unsaturated/α-hetero) is 1. The van der Waals surface area contributed by atoms with Gasteiger partial charge in [-0.15, -0.1) is 21.9 Å². The fourth-order valence-electron chi connectivity index (χ4n) is 7.29. The van der Waals surface area contributed by atoms with Crippen LogP contribution in [-0.4, -0.2) is 11.9 Å². The maximum absolute atomic E-state index is 15.4. The molecule has 0 saturated carbocycles. The van der Waals surface area contributed by atoms with Gasteiger partial charge in [0.2, 0.25) is 12.3 Å². The highest BCUT2D eigenvalue weighted by molar-refractivity contribution is 7.20. The Hall–Kier alpha value is -6.94. The molecular formula is C42H16BF20NO. The molecule has 1 heterocycles. The number of aryl methyl sites for hydroxylation is 1. The molecule has 65 heavy (non-hydrogen) atoms. The summed E-state index contributed by atoms with van der Waals surface area (Å²) < 4.78 is 296. The second kappa shape index (κ2) is 17.6. The molecule has 0 unspecified atom stereocenters. The van der Waals surface area contributed by atoms with Gasteiger partial charge in [0.1, 0.15) is 52.7 Å². The molecule has 7 rings (SSSR count). The first-order valence-corrected chi connectivity index (χ1v) is 17.6. The molecule has 6 aromatic carbocycles. The highest BCUT2D eigenvalue weighted by atomic mass is 19.2. The van der Waals surface area contributed by atoms with Crippen molar-refractivity contribution in [1.29, 1.82) is 0 Å². The van der Waals surface area contributed by atoms with Gasteiger partial charge in [-0.3, -0.25) is 4.79 Å². The summed E-state index contributed by atoms with van der Waals surface area (Å²) in [4.78, 5) is 12.4. The van der Waals surface area contributed by atoms with Crippen molar-refractivity contribution in [1.82, 2.24) is 0 Å². The van der Waals surface area contributed by atoms with Crippen molar-refractivity contribution < 1.29 is 97.2 Å². The summed E-state index contributed by atoms with van der Waals surface area (Å²) >= 11 is 0. The van der Waals surface area contributed by atoms with Crippen LogP contribution in [0.2, 0.25) is 0 Å². The van der Waals surface area contributed by atoms with Crippen LogP contribution < -0.4 is 26.4 Å². The van der Waals surface area contributed by atoms with E-state index >= 15 is 35.1 Å².